The quantitative estimate of drug-likeness (QED) is 0.743. The van der Waals surface area contributed by atoms with Gasteiger partial charge < -0.3 is 10.1 Å². The van der Waals surface area contributed by atoms with Crippen LogP contribution in [0.25, 0.3) is 0 Å². The average Bonchev–Trinajstić information content (AvgIpc) is 2.76. The van der Waals surface area contributed by atoms with Crippen LogP contribution in [0.15, 0.2) is 0 Å². The van der Waals surface area contributed by atoms with Crippen molar-refractivity contribution >= 4 is 0 Å². The van der Waals surface area contributed by atoms with Gasteiger partial charge in [-0.25, -0.2) is 0 Å². The van der Waals surface area contributed by atoms with Crippen LogP contribution in [0.2, 0.25) is 0 Å². The standard InChI is InChI=1S/C14H24N2O/c1-3-8-16-9-5-13(6-10-16)15-12-14(2)7-4-11-17-14/h1,13,15H,4-12H2,2H3. The molecule has 0 amide bonds. The van der Waals surface area contributed by atoms with Crippen molar-refractivity contribution in [1.29, 1.82) is 0 Å². The van der Waals surface area contributed by atoms with E-state index in [1.807, 2.05) is 0 Å². The number of nitrogens with one attached hydrogen (secondary N) is 1. The van der Waals surface area contributed by atoms with Crippen molar-refractivity contribution in [2.24, 2.45) is 0 Å². The first-order valence-electron chi connectivity index (χ1n) is 6.75. The van der Waals surface area contributed by atoms with Gasteiger partial charge in [0.15, 0.2) is 0 Å². The summed E-state index contributed by atoms with van der Waals surface area (Å²) in [6, 6.07) is 0.644. The van der Waals surface area contributed by atoms with Crippen molar-refractivity contribution in [1.82, 2.24) is 10.2 Å². The highest BCUT2D eigenvalue weighted by atomic mass is 16.5. The Kier molecular flexibility index (Phi) is 4.44. The summed E-state index contributed by atoms with van der Waals surface area (Å²) in [6.45, 7) is 7.19. The number of rotatable bonds is 4. The predicted molar refractivity (Wildman–Crippen MR) is 69.9 cm³/mol. The number of ether oxygens (including phenoxy) is 1. The lowest BCUT2D eigenvalue weighted by molar-refractivity contribution is 0.0169. The van der Waals surface area contributed by atoms with Gasteiger partial charge in [-0.15, -0.1) is 6.42 Å². The maximum absolute atomic E-state index is 5.79. The summed E-state index contributed by atoms with van der Waals surface area (Å²) in [6.07, 6.45) is 10.1. The third kappa shape index (κ3) is 3.70. The minimum absolute atomic E-state index is 0.0793. The van der Waals surface area contributed by atoms with Crippen LogP contribution in [-0.4, -0.2) is 49.3 Å². The van der Waals surface area contributed by atoms with E-state index < -0.39 is 0 Å². The molecule has 1 atom stereocenters. The highest BCUT2D eigenvalue weighted by Gasteiger charge is 2.30. The van der Waals surface area contributed by atoms with E-state index in [0.717, 1.165) is 32.8 Å². The lowest BCUT2D eigenvalue weighted by Crippen LogP contribution is -2.47. The monoisotopic (exact) mass is 236 g/mol. The van der Waals surface area contributed by atoms with Crippen molar-refractivity contribution in [3.8, 4) is 12.3 Å². The van der Waals surface area contributed by atoms with Crippen LogP contribution < -0.4 is 5.32 Å². The van der Waals surface area contributed by atoms with Crippen LogP contribution in [-0.2, 0) is 4.74 Å². The highest BCUT2D eigenvalue weighted by Crippen LogP contribution is 2.24. The summed E-state index contributed by atoms with van der Waals surface area (Å²) in [7, 11) is 0. The summed E-state index contributed by atoms with van der Waals surface area (Å²) in [5.74, 6) is 2.72. The SMILES string of the molecule is C#CCN1CCC(NCC2(C)CCCO2)CC1. The molecule has 2 rings (SSSR count). The molecule has 0 spiro atoms. The third-order valence-electron chi connectivity index (χ3n) is 3.97. The molecule has 3 nitrogen and oxygen atoms in total. The molecule has 2 fully saturated rings. The van der Waals surface area contributed by atoms with Crippen molar-refractivity contribution < 1.29 is 4.74 Å². The zero-order valence-corrected chi connectivity index (χ0v) is 10.9. The molecule has 0 aliphatic carbocycles. The Labute approximate surface area is 105 Å². The first kappa shape index (κ1) is 12.9. The second-order valence-electron chi connectivity index (χ2n) is 5.54. The van der Waals surface area contributed by atoms with Gasteiger partial charge in [-0.1, -0.05) is 5.92 Å². The van der Waals surface area contributed by atoms with Crippen LogP contribution in [0.4, 0.5) is 0 Å². The molecule has 96 valence electrons. The molecule has 0 aromatic heterocycles. The zero-order chi connectivity index (χ0) is 12.1. The van der Waals surface area contributed by atoms with E-state index in [-0.39, 0.29) is 5.60 Å². The zero-order valence-electron chi connectivity index (χ0n) is 10.9. The third-order valence-corrected chi connectivity index (χ3v) is 3.97. The Balaban J connectivity index is 1.66. The fourth-order valence-electron chi connectivity index (χ4n) is 2.76. The second-order valence-corrected chi connectivity index (χ2v) is 5.54. The Morgan fingerprint density at radius 1 is 1.47 bits per heavy atom. The number of piperidine rings is 1. The normalized spacial score (nSPS) is 31.5. The number of hydrogen-bond donors (Lipinski definition) is 1. The topological polar surface area (TPSA) is 24.5 Å². The predicted octanol–water partition coefficient (Wildman–Crippen LogP) is 1.24. The van der Waals surface area contributed by atoms with Crippen molar-refractivity contribution in [2.45, 2.75) is 44.2 Å². The van der Waals surface area contributed by atoms with E-state index in [9.17, 15) is 0 Å². The van der Waals surface area contributed by atoms with Gasteiger partial charge in [-0.05, 0) is 32.6 Å². The van der Waals surface area contributed by atoms with Crippen LogP contribution >= 0.6 is 0 Å². The fourth-order valence-corrected chi connectivity index (χ4v) is 2.76. The Bertz CT molecular complexity index is 270. The molecular formula is C14H24N2O. The van der Waals surface area contributed by atoms with Gasteiger partial charge in [0.25, 0.3) is 0 Å². The molecule has 2 heterocycles. The molecule has 3 heteroatoms. The van der Waals surface area contributed by atoms with Gasteiger partial charge in [0.05, 0.1) is 12.1 Å². The molecule has 1 unspecified atom stereocenters. The van der Waals surface area contributed by atoms with Crippen molar-refractivity contribution in [2.75, 3.05) is 32.8 Å². The maximum Gasteiger partial charge on any atom is 0.0779 e. The number of nitrogens with zero attached hydrogens (tertiary/aromatic N) is 1. The second kappa shape index (κ2) is 5.86. The lowest BCUT2D eigenvalue weighted by Gasteiger charge is -2.33. The first-order valence-corrected chi connectivity index (χ1v) is 6.75. The largest absolute Gasteiger partial charge is 0.374 e. The molecule has 0 radical (unpaired) electrons. The molecule has 2 saturated heterocycles. The lowest BCUT2D eigenvalue weighted by atomic mass is 10.00. The summed E-state index contributed by atoms with van der Waals surface area (Å²) in [5, 5.41) is 3.66. The average molecular weight is 236 g/mol. The highest BCUT2D eigenvalue weighted by molar-refractivity contribution is 4.91. The minimum Gasteiger partial charge on any atom is -0.374 e. The van der Waals surface area contributed by atoms with Crippen LogP contribution in [0.1, 0.15) is 32.6 Å². The Morgan fingerprint density at radius 2 is 2.24 bits per heavy atom. The van der Waals surface area contributed by atoms with Gasteiger partial charge in [0, 0.05) is 32.3 Å². The van der Waals surface area contributed by atoms with E-state index in [2.05, 4.69) is 23.1 Å². The van der Waals surface area contributed by atoms with Gasteiger partial charge in [0.2, 0.25) is 0 Å². The molecule has 0 aromatic carbocycles. The van der Waals surface area contributed by atoms with E-state index in [1.54, 1.807) is 0 Å². The Hall–Kier alpha value is -0.560. The van der Waals surface area contributed by atoms with E-state index in [0.29, 0.717) is 6.04 Å². The first-order chi connectivity index (χ1) is 8.22. The van der Waals surface area contributed by atoms with E-state index in [1.165, 1.54) is 25.7 Å². The smallest absolute Gasteiger partial charge is 0.0779 e. The fraction of sp³-hybridized carbons (Fsp3) is 0.857. The molecule has 2 aliphatic heterocycles. The minimum atomic E-state index is 0.0793. The molecule has 0 bridgehead atoms. The van der Waals surface area contributed by atoms with Gasteiger partial charge in [-0.2, -0.15) is 0 Å². The summed E-state index contributed by atoms with van der Waals surface area (Å²) in [4.78, 5) is 2.35. The maximum atomic E-state index is 5.79. The summed E-state index contributed by atoms with van der Waals surface area (Å²) < 4.78 is 5.79. The van der Waals surface area contributed by atoms with Gasteiger partial charge in [-0.3, -0.25) is 4.90 Å². The van der Waals surface area contributed by atoms with Crippen LogP contribution in [0.5, 0.6) is 0 Å². The van der Waals surface area contributed by atoms with E-state index >= 15 is 0 Å². The van der Waals surface area contributed by atoms with E-state index in [4.69, 9.17) is 11.2 Å². The van der Waals surface area contributed by atoms with Gasteiger partial charge >= 0.3 is 0 Å². The van der Waals surface area contributed by atoms with Crippen molar-refractivity contribution in [3.63, 3.8) is 0 Å². The number of likely N-dealkylation sites (tertiary alicyclic amines) is 1. The Morgan fingerprint density at radius 3 is 2.82 bits per heavy atom. The molecular weight excluding hydrogens is 212 g/mol. The number of terminal acetylenes is 1. The van der Waals surface area contributed by atoms with Gasteiger partial charge in [0.1, 0.15) is 0 Å². The number of hydrogen-bond acceptors (Lipinski definition) is 3. The van der Waals surface area contributed by atoms with Crippen molar-refractivity contribution in [3.05, 3.63) is 0 Å². The summed E-state index contributed by atoms with van der Waals surface area (Å²) >= 11 is 0. The van der Waals surface area contributed by atoms with Crippen LogP contribution in [0, 0.1) is 12.3 Å². The summed E-state index contributed by atoms with van der Waals surface area (Å²) in [5.41, 5.74) is 0.0793. The molecule has 17 heavy (non-hydrogen) atoms. The molecule has 0 saturated carbocycles. The molecule has 0 aromatic rings. The molecule has 2 aliphatic rings. The molecule has 1 N–H and O–H groups in total. The van der Waals surface area contributed by atoms with Crippen LogP contribution in [0.3, 0.4) is 0 Å².